The first-order valence-electron chi connectivity index (χ1n) is 12.6. The summed E-state index contributed by atoms with van der Waals surface area (Å²) in [5.74, 6) is 0.103. The lowest BCUT2D eigenvalue weighted by Crippen LogP contribution is -2.47. The molecule has 1 amide bonds. The average Bonchev–Trinajstić information content (AvgIpc) is 2.89. The van der Waals surface area contributed by atoms with E-state index < -0.39 is 16.1 Å². The number of sulfonamides is 1. The molecule has 5 rings (SSSR count). The lowest BCUT2D eigenvalue weighted by atomic mass is 9.95. The highest BCUT2D eigenvalue weighted by Gasteiger charge is 2.37. The van der Waals surface area contributed by atoms with Gasteiger partial charge in [-0.25, -0.2) is 8.42 Å². The van der Waals surface area contributed by atoms with E-state index in [-0.39, 0.29) is 35.5 Å². The summed E-state index contributed by atoms with van der Waals surface area (Å²) in [5.41, 5.74) is 3.73. The number of nitrogens with zero attached hydrogens (tertiary/aromatic N) is 2. The molecule has 3 heterocycles. The fourth-order valence-corrected chi connectivity index (χ4v) is 7.13. The minimum Gasteiger partial charge on any atom is -0.483 e. The van der Waals surface area contributed by atoms with Gasteiger partial charge < -0.3 is 9.64 Å². The van der Waals surface area contributed by atoms with Gasteiger partial charge in [0.2, 0.25) is 15.9 Å². The highest BCUT2D eigenvalue weighted by molar-refractivity contribution is 7.89. The zero-order chi connectivity index (χ0) is 25.4. The maximum atomic E-state index is 13.7. The minimum atomic E-state index is -3.81. The monoisotopic (exact) mass is 508 g/mol. The van der Waals surface area contributed by atoms with Crippen LogP contribution >= 0.6 is 0 Å². The topological polar surface area (TPSA) is 84.0 Å². The van der Waals surface area contributed by atoms with Crippen LogP contribution in [0.5, 0.6) is 5.75 Å². The van der Waals surface area contributed by atoms with Crippen molar-refractivity contribution in [3.8, 4) is 5.75 Å². The predicted octanol–water partition coefficient (Wildman–Crippen LogP) is 3.60. The molecule has 3 aliphatic rings. The molecule has 0 bridgehead atoms. The number of carbonyl (C=O) groups excluding carboxylic acids is 2. The molecule has 36 heavy (non-hydrogen) atoms. The Kier molecular flexibility index (Phi) is 6.74. The highest BCUT2D eigenvalue weighted by atomic mass is 32.2. The van der Waals surface area contributed by atoms with E-state index in [1.807, 2.05) is 23.1 Å². The van der Waals surface area contributed by atoms with Crippen molar-refractivity contribution in [2.24, 2.45) is 5.92 Å². The summed E-state index contributed by atoms with van der Waals surface area (Å²) in [6, 6.07) is 13.5. The van der Waals surface area contributed by atoms with Gasteiger partial charge >= 0.3 is 0 Å². The number of Topliss-reactive ketones (excluding diaryl/α,β-unsaturated/α-hetero) is 1. The van der Waals surface area contributed by atoms with E-state index in [9.17, 15) is 18.0 Å². The second kappa shape index (κ2) is 9.82. The summed E-state index contributed by atoms with van der Waals surface area (Å²) >= 11 is 0. The number of carbonyl (C=O) groups is 2. The third-order valence-electron chi connectivity index (χ3n) is 7.50. The van der Waals surface area contributed by atoms with Gasteiger partial charge in [0.1, 0.15) is 5.75 Å². The Morgan fingerprint density at radius 1 is 1.11 bits per heavy atom. The van der Waals surface area contributed by atoms with E-state index in [0.29, 0.717) is 49.4 Å². The summed E-state index contributed by atoms with van der Waals surface area (Å²) in [5, 5.41) is 0. The van der Waals surface area contributed by atoms with E-state index in [2.05, 4.69) is 18.2 Å². The minimum absolute atomic E-state index is 0.0154. The number of piperidine rings is 1. The second-order valence-corrected chi connectivity index (χ2v) is 11.9. The number of hydrogen-bond donors (Lipinski definition) is 0. The van der Waals surface area contributed by atoms with Crippen molar-refractivity contribution < 1.29 is 22.7 Å². The number of hydrogen-bond acceptors (Lipinski definition) is 5. The third kappa shape index (κ3) is 4.72. The van der Waals surface area contributed by atoms with Crippen molar-refractivity contribution in [1.29, 1.82) is 0 Å². The van der Waals surface area contributed by atoms with E-state index in [0.717, 1.165) is 6.42 Å². The number of ketones is 1. The molecule has 2 unspecified atom stereocenters. The fourth-order valence-electron chi connectivity index (χ4n) is 5.39. The number of fused-ring (bicyclic) bond motifs is 1. The molecule has 3 aliphatic heterocycles. The van der Waals surface area contributed by atoms with E-state index in [4.69, 9.17) is 4.74 Å². The Balaban J connectivity index is 1.30. The third-order valence-corrected chi connectivity index (χ3v) is 9.50. The van der Waals surface area contributed by atoms with Crippen LogP contribution in [0.25, 0.3) is 5.57 Å². The summed E-state index contributed by atoms with van der Waals surface area (Å²) in [4.78, 5) is 27.4. The zero-order valence-corrected chi connectivity index (χ0v) is 21.6. The molecular formula is C28H32N2O5S. The highest BCUT2D eigenvalue weighted by Crippen LogP contribution is 2.34. The molecule has 1 saturated heterocycles. The molecule has 8 heteroatoms. The fraction of sp³-hybridized carbons (Fsp3) is 0.429. The number of aryl methyl sites for hydroxylation is 1. The first-order valence-corrected chi connectivity index (χ1v) is 14.0. The molecule has 2 atom stereocenters. The normalized spacial score (nSPS) is 23.0. The van der Waals surface area contributed by atoms with Crippen molar-refractivity contribution in [2.45, 2.75) is 50.5 Å². The van der Waals surface area contributed by atoms with Crippen LogP contribution in [0, 0.1) is 12.8 Å². The average molecular weight is 509 g/mol. The molecular weight excluding hydrogens is 476 g/mol. The van der Waals surface area contributed by atoms with Crippen molar-refractivity contribution in [3.63, 3.8) is 0 Å². The standard InChI is InChI=1S/C28H32N2O5S/c1-19-15-24-16-25(31)20(2)35-26(24)17-27(19)36(33,34)30-12-6-9-23(18-30)28(32)29-13-10-22(11-14-29)21-7-4-3-5-8-21/h3-5,7-8,10,15,17,20,23H,6,9,11-14,16,18H2,1-2H3. The van der Waals surface area contributed by atoms with E-state index in [1.165, 1.54) is 15.4 Å². The van der Waals surface area contributed by atoms with Gasteiger partial charge in [-0.3, -0.25) is 9.59 Å². The Labute approximate surface area is 212 Å². The second-order valence-electron chi connectivity index (χ2n) is 9.96. The summed E-state index contributed by atoms with van der Waals surface area (Å²) in [6.45, 7) is 5.17. The molecule has 7 nitrogen and oxygen atoms in total. The molecule has 1 fully saturated rings. The van der Waals surface area contributed by atoms with Crippen molar-refractivity contribution >= 4 is 27.3 Å². The van der Waals surface area contributed by atoms with Crippen LogP contribution in [-0.2, 0) is 26.0 Å². The first-order chi connectivity index (χ1) is 17.2. The van der Waals surface area contributed by atoms with Crippen LogP contribution in [-0.4, -0.2) is 61.6 Å². The van der Waals surface area contributed by atoms with Crippen LogP contribution in [0.4, 0.5) is 0 Å². The van der Waals surface area contributed by atoms with E-state index >= 15 is 0 Å². The van der Waals surface area contributed by atoms with Crippen LogP contribution in [0.3, 0.4) is 0 Å². The largest absolute Gasteiger partial charge is 0.483 e. The van der Waals surface area contributed by atoms with Gasteiger partial charge in [0.05, 0.1) is 10.8 Å². The molecule has 190 valence electrons. The number of ether oxygens (including phenoxy) is 1. The lowest BCUT2D eigenvalue weighted by Gasteiger charge is -2.35. The van der Waals surface area contributed by atoms with Crippen LogP contribution in [0.2, 0.25) is 0 Å². The van der Waals surface area contributed by atoms with Gasteiger partial charge in [-0.2, -0.15) is 4.31 Å². The SMILES string of the molecule is Cc1cc2c(cc1S(=O)(=O)N1CCCC(C(=O)N3CC=C(c4ccccc4)CC3)C1)OC(C)C(=O)C2. The molecule has 0 saturated carbocycles. The van der Waals surface area contributed by atoms with Crippen molar-refractivity contribution in [1.82, 2.24) is 9.21 Å². The molecule has 2 aromatic rings. The quantitative estimate of drug-likeness (QED) is 0.630. The van der Waals surface area contributed by atoms with Gasteiger partial charge in [-0.15, -0.1) is 0 Å². The maximum Gasteiger partial charge on any atom is 0.243 e. The Bertz CT molecular complexity index is 1320. The Morgan fingerprint density at radius 3 is 2.61 bits per heavy atom. The summed E-state index contributed by atoms with van der Waals surface area (Å²) in [6.07, 6.45) is 3.88. The molecule has 0 aliphatic carbocycles. The zero-order valence-electron chi connectivity index (χ0n) is 20.8. The van der Waals surface area contributed by atoms with Gasteiger partial charge in [0.15, 0.2) is 11.9 Å². The summed E-state index contributed by atoms with van der Waals surface area (Å²) in [7, 11) is -3.81. The molecule has 0 radical (unpaired) electrons. The van der Waals surface area contributed by atoms with Crippen LogP contribution in [0.15, 0.2) is 53.4 Å². The number of benzene rings is 2. The number of rotatable bonds is 4. The van der Waals surface area contributed by atoms with Crippen LogP contribution < -0.4 is 4.74 Å². The molecule has 0 aromatic heterocycles. The van der Waals surface area contributed by atoms with Crippen molar-refractivity contribution in [2.75, 3.05) is 26.2 Å². The molecule has 2 aromatic carbocycles. The molecule has 0 spiro atoms. The predicted molar refractivity (Wildman–Crippen MR) is 137 cm³/mol. The smallest absolute Gasteiger partial charge is 0.243 e. The van der Waals surface area contributed by atoms with E-state index in [1.54, 1.807) is 26.0 Å². The van der Waals surface area contributed by atoms with Gasteiger partial charge in [-0.05, 0) is 49.8 Å². The Morgan fingerprint density at radius 2 is 1.89 bits per heavy atom. The first kappa shape index (κ1) is 24.7. The maximum absolute atomic E-state index is 13.7. The Hall–Kier alpha value is -2.97. The lowest BCUT2D eigenvalue weighted by molar-refractivity contribution is -0.136. The summed E-state index contributed by atoms with van der Waals surface area (Å²) < 4.78 is 34.5. The van der Waals surface area contributed by atoms with Crippen molar-refractivity contribution in [3.05, 3.63) is 65.2 Å². The van der Waals surface area contributed by atoms with Gasteiger partial charge in [-0.1, -0.05) is 42.5 Å². The van der Waals surface area contributed by atoms with Crippen LogP contribution in [0.1, 0.15) is 42.9 Å². The van der Waals surface area contributed by atoms with Gasteiger partial charge in [0, 0.05) is 44.2 Å². The number of amides is 1. The molecule has 0 N–H and O–H groups in total. The van der Waals surface area contributed by atoms with Gasteiger partial charge in [0.25, 0.3) is 0 Å².